The Balaban J connectivity index is 1.54. The first-order valence-corrected chi connectivity index (χ1v) is 9.19. The zero-order valence-electron chi connectivity index (χ0n) is 14.8. The Kier molecular flexibility index (Phi) is 6.19. The highest BCUT2D eigenvalue weighted by Gasteiger charge is 2.13. The first-order valence-electron chi connectivity index (χ1n) is 8.31. The van der Waals surface area contributed by atoms with Crippen LogP contribution in [0.2, 0.25) is 0 Å². The maximum Gasteiger partial charge on any atom is 0.338 e. The van der Waals surface area contributed by atoms with Crippen molar-refractivity contribution in [2.75, 3.05) is 11.9 Å². The second-order valence-corrected chi connectivity index (χ2v) is 6.70. The average Bonchev–Trinajstić information content (AvgIpc) is 3.09. The van der Waals surface area contributed by atoms with Crippen molar-refractivity contribution >= 4 is 40.4 Å². The maximum atomic E-state index is 12.3. The van der Waals surface area contributed by atoms with Crippen molar-refractivity contribution in [1.29, 1.82) is 0 Å². The molecule has 10 heteroatoms. The van der Waals surface area contributed by atoms with Gasteiger partial charge in [0, 0.05) is 17.1 Å². The second-order valence-electron chi connectivity index (χ2n) is 5.64. The third-order valence-corrected chi connectivity index (χ3v) is 4.47. The molecule has 146 valence electrons. The van der Waals surface area contributed by atoms with Gasteiger partial charge in [-0.2, -0.15) is 8.78 Å². The fourth-order valence-electron chi connectivity index (χ4n) is 2.46. The van der Waals surface area contributed by atoms with Gasteiger partial charge in [0.15, 0.2) is 6.61 Å². The average molecular weight is 406 g/mol. The van der Waals surface area contributed by atoms with E-state index >= 15 is 0 Å². The van der Waals surface area contributed by atoms with E-state index in [0.717, 1.165) is 5.52 Å². The number of fused-ring (bicyclic) bond motifs is 1. The number of halogens is 2. The van der Waals surface area contributed by atoms with Crippen LogP contribution < -0.4 is 5.32 Å². The van der Waals surface area contributed by atoms with E-state index in [1.807, 2.05) is 6.92 Å². The van der Waals surface area contributed by atoms with Gasteiger partial charge in [-0.05, 0) is 49.4 Å². The minimum Gasteiger partial charge on any atom is -0.452 e. The minimum absolute atomic E-state index is 0.261. The van der Waals surface area contributed by atoms with Crippen molar-refractivity contribution in [1.82, 2.24) is 15.0 Å². The molecule has 0 radical (unpaired) electrons. The SMILES string of the molecule is CCn1nnc2cc(C(=O)OCC(=O)Nc3ccc(SC(F)F)cc3)ccc21. The van der Waals surface area contributed by atoms with Crippen molar-refractivity contribution in [2.24, 2.45) is 0 Å². The van der Waals surface area contributed by atoms with Crippen LogP contribution in [0.15, 0.2) is 47.4 Å². The summed E-state index contributed by atoms with van der Waals surface area (Å²) in [6, 6.07) is 10.8. The Morgan fingerprint density at radius 3 is 2.64 bits per heavy atom. The lowest BCUT2D eigenvalue weighted by Gasteiger charge is -2.07. The number of alkyl halides is 2. The first kappa shape index (κ1) is 19.7. The predicted molar refractivity (Wildman–Crippen MR) is 100 cm³/mol. The molecule has 7 nitrogen and oxygen atoms in total. The summed E-state index contributed by atoms with van der Waals surface area (Å²) in [6.45, 7) is 2.11. The van der Waals surface area contributed by atoms with Crippen LogP contribution in [0.3, 0.4) is 0 Å². The molecule has 2 aromatic carbocycles. The predicted octanol–water partition coefficient (Wildman–Crippen LogP) is 3.56. The molecule has 0 saturated heterocycles. The van der Waals surface area contributed by atoms with Crippen LogP contribution in [0, 0.1) is 0 Å². The summed E-state index contributed by atoms with van der Waals surface area (Å²) >= 11 is 0.415. The van der Waals surface area contributed by atoms with E-state index < -0.39 is 24.2 Å². The molecule has 0 bridgehead atoms. The number of nitrogens with zero attached hydrogens (tertiary/aromatic N) is 3. The largest absolute Gasteiger partial charge is 0.452 e. The molecule has 1 heterocycles. The molecular weight excluding hydrogens is 390 g/mol. The summed E-state index contributed by atoms with van der Waals surface area (Å²) in [4.78, 5) is 24.4. The van der Waals surface area contributed by atoms with Gasteiger partial charge in [-0.25, -0.2) is 9.48 Å². The van der Waals surface area contributed by atoms with Crippen LogP contribution >= 0.6 is 11.8 Å². The van der Waals surface area contributed by atoms with E-state index in [9.17, 15) is 18.4 Å². The van der Waals surface area contributed by atoms with Crippen molar-refractivity contribution in [3.8, 4) is 0 Å². The summed E-state index contributed by atoms with van der Waals surface area (Å²) in [6.07, 6.45) is 0. The zero-order valence-corrected chi connectivity index (χ0v) is 15.6. The third kappa shape index (κ3) is 4.83. The molecule has 1 amide bonds. The molecule has 3 rings (SSSR count). The summed E-state index contributed by atoms with van der Waals surface area (Å²) in [5, 5.41) is 10.5. The molecule has 0 aliphatic carbocycles. The van der Waals surface area contributed by atoms with Crippen LogP contribution in [0.1, 0.15) is 17.3 Å². The lowest BCUT2D eigenvalue weighted by molar-refractivity contribution is -0.119. The molecule has 3 aromatic rings. The second kappa shape index (κ2) is 8.79. The quantitative estimate of drug-likeness (QED) is 0.477. The fraction of sp³-hybridized carbons (Fsp3) is 0.222. The monoisotopic (exact) mass is 406 g/mol. The molecule has 0 fully saturated rings. The number of ether oxygens (including phenoxy) is 1. The summed E-state index contributed by atoms with van der Waals surface area (Å²) in [7, 11) is 0. The number of aromatic nitrogens is 3. The van der Waals surface area contributed by atoms with Crippen molar-refractivity contribution in [3.63, 3.8) is 0 Å². The number of anilines is 1. The Labute approximate surface area is 163 Å². The molecule has 0 aliphatic heterocycles. The van der Waals surface area contributed by atoms with Crippen molar-refractivity contribution in [3.05, 3.63) is 48.0 Å². The van der Waals surface area contributed by atoms with Crippen LogP contribution in [0.25, 0.3) is 11.0 Å². The van der Waals surface area contributed by atoms with E-state index in [0.29, 0.717) is 34.4 Å². The van der Waals surface area contributed by atoms with E-state index in [-0.39, 0.29) is 5.56 Å². The number of nitrogens with one attached hydrogen (secondary N) is 1. The van der Waals surface area contributed by atoms with Gasteiger partial charge < -0.3 is 10.1 Å². The van der Waals surface area contributed by atoms with E-state index in [4.69, 9.17) is 4.74 Å². The van der Waals surface area contributed by atoms with Gasteiger partial charge in [0.2, 0.25) is 0 Å². The van der Waals surface area contributed by atoms with Gasteiger partial charge in [-0.1, -0.05) is 17.0 Å². The molecule has 0 saturated carbocycles. The number of benzene rings is 2. The number of carbonyl (C=O) groups excluding carboxylic acids is 2. The van der Waals surface area contributed by atoms with Crippen LogP contribution in [0.5, 0.6) is 0 Å². The van der Waals surface area contributed by atoms with Gasteiger partial charge >= 0.3 is 5.97 Å². The van der Waals surface area contributed by atoms with E-state index in [1.54, 1.807) is 22.9 Å². The normalized spacial score (nSPS) is 11.0. The molecule has 1 aromatic heterocycles. The lowest BCUT2D eigenvalue weighted by Crippen LogP contribution is -2.20. The van der Waals surface area contributed by atoms with Crippen LogP contribution in [0.4, 0.5) is 14.5 Å². The number of hydrogen-bond acceptors (Lipinski definition) is 6. The van der Waals surface area contributed by atoms with Gasteiger partial charge in [0.25, 0.3) is 11.7 Å². The topological polar surface area (TPSA) is 86.1 Å². The smallest absolute Gasteiger partial charge is 0.338 e. The van der Waals surface area contributed by atoms with E-state index in [1.165, 1.54) is 24.3 Å². The number of carbonyl (C=O) groups is 2. The van der Waals surface area contributed by atoms with Crippen LogP contribution in [-0.2, 0) is 16.1 Å². The molecule has 1 N–H and O–H groups in total. The summed E-state index contributed by atoms with van der Waals surface area (Å²) < 4.78 is 31.3. The minimum atomic E-state index is -2.51. The molecular formula is C18H16F2N4O3S. The molecule has 28 heavy (non-hydrogen) atoms. The van der Waals surface area contributed by atoms with Crippen molar-refractivity contribution < 1.29 is 23.1 Å². The van der Waals surface area contributed by atoms with Crippen molar-refractivity contribution in [2.45, 2.75) is 24.1 Å². The number of amides is 1. The van der Waals surface area contributed by atoms with Gasteiger partial charge in [-0.15, -0.1) is 5.10 Å². The van der Waals surface area contributed by atoms with Crippen LogP contribution in [-0.4, -0.2) is 39.2 Å². The van der Waals surface area contributed by atoms with Gasteiger partial charge in [0.05, 0.1) is 11.1 Å². The number of esters is 1. The highest BCUT2D eigenvalue weighted by atomic mass is 32.2. The highest BCUT2D eigenvalue weighted by Crippen LogP contribution is 2.26. The molecule has 0 spiro atoms. The Bertz CT molecular complexity index is 992. The maximum absolute atomic E-state index is 12.3. The fourth-order valence-corrected chi connectivity index (χ4v) is 2.96. The Morgan fingerprint density at radius 2 is 1.96 bits per heavy atom. The standard InChI is InChI=1S/C18H16F2N4O3S/c1-2-24-15-8-3-11(9-14(15)22-23-24)17(26)27-10-16(25)21-12-4-6-13(7-5-12)28-18(19)20/h3-9,18H,2,10H2,1H3,(H,21,25). The van der Waals surface area contributed by atoms with Gasteiger partial charge in [0.1, 0.15) is 5.52 Å². The summed E-state index contributed by atoms with van der Waals surface area (Å²) in [5.74, 6) is -3.71. The first-order chi connectivity index (χ1) is 13.5. The number of aryl methyl sites for hydroxylation is 1. The van der Waals surface area contributed by atoms with E-state index in [2.05, 4.69) is 15.6 Å². The number of thioether (sulfide) groups is 1. The Morgan fingerprint density at radius 1 is 1.21 bits per heavy atom. The lowest BCUT2D eigenvalue weighted by atomic mass is 10.2. The molecule has 0 unspecified atom stereocenters. The molecule has 0 atom stereocenters. The number of hydrogen-bond donors (Lipinski definition) is 1. The number of rotatable bonds is 7. The highest BCUT2D eigenvalue weighted by molar-refractivity contribution is 7.99. The Hall–Kier alpha value is -3.01. The van der Waals surface area contributed by atoms with Gasteiger partial charge in [-0.3, -0.25) is 4.79 Å². The third-order valence-electron chi connectivity index (χ3n) is 3.75. The summed E-state index contributed by atoms with van der Waals surface area (Å²) in [5.41, 5.74) is 2.03. The molecule has 0 aliphatic rings. The zero-order chi connectivity index (χ0) is 20.1.